The highest BCUT2D eigenvalue weighted by atomic mass is 127. The highest BCUT2D eigenvalue weighted by Crippen LogP contribution is 2.18. The molecule has 2 heterocycles. The molecule has 0 unspecified atom stereocenters. The molecular weight excluding hydrogens is 321 g/mol. The maximum atomic E-state index is 5.71. The molecule has 0 saturated heterocycles. The van der Waals surface area contributed by atoms with Gasteiger partial charge in [-0.1, -0.05) is 11.6 Å². The summed E-state index contributed by atoms with van der Waals surface area (Å²) in [5.41, 5.74) is 0. The number of hydrogen-bond donors (Lipinski definition) is 0. The standard InChI is InChI=1S/C7H5ClIN3S/c8-7-10-2-6(13-7)4-12-3-5(9)1-11-12/h1-3H,4H2. The Morgan fingerprint density at radius 1 is 1.54 bits per heavy atom. The van der Waals surface area contributed by atoms with Crippen LogP contribution < -0.4 is 0 Å². The van der Waals surface area contributed by atoms with Gasteiger partial charge in [0, 0.05) is 17.3 Å². The van der Waals surface area contributed by atoms with Gasteiger partial charge in [0.2, 0.25) is 0 Å². The molecule has 0 aliphatic carbocycles. The zero-order valence-corrected chi connectivity index (χ0v) is 10.2. The average molecular weight is 326 g/mol. The molecule has 0 amide bonds. The van der Waals surface area contributed by atoms with E-state index in [1.165, 1.54) is 11.3 Å². The van der Waals surface area contributed by atoms with Crippen molar-refractivity contribution >= 4 is 45.5 Å². The van der Waals surface area contributed by atoms with Crippen LogP contribution in [0.2, 0.25) is 4.47 Å². The first-order chi connectivity index (χ1) is 6.24. The van der Waals surface area contributed by atoms with E-state index in [1.54, 1.807) is 6.20 Å². The Hall–Kier alpha value is -0.140. The SMILES string of the molecule is Clc1ncc(Cn2cc(I)cn2)s1. The molecule has 6 heteroatoms. The van der Waals surface area contributed by atoms with E-state index in [-0.39, 0.29) is 0 Å². The maximum Gasteiger partial charge on any atom is 0.183 e. The number of aromatic nitrogens is 3. The van der Waals surface area contributed by atoms with E-state index in [0.29, 0.717) is 4.47 Å². The van der Waals surface area contributed by atoms with E-state index < -0.39 is 0 Å². The Balaban J connectivity index is 2.14. The van der Waals surface area contributed by atoms with E-state index in [1.807, 2.05) is 17.1 Å². The van der Waals surface area contributed by atoms with E-state index in [2.05, 4.69) is 32.7 Å². The predicted molar refractivity (Wildman–Crippen MR) is 61.2 cm³/mol. The average Bonchev–Trinajstić information content (AvgIpc) is 2.62. The van der Waals surface area contributed by atoms with Crippen LogP contribution in [0.1, 0.15) is 4.88 Å². The Morgan fingerprint density at radius 3 is 2.92 bits per heavy atom. The molecule has 0 fully saturated rings. The molecule has 2 aromatic heterocycles. The summed E-state index contributed by atoms with van der Waals surface area (Å²) in [5, 5.41) is 4.17. The van der Waals surface area contributed by atoms with Crippen molar-refractivity contribution in [3.8, 4) is 0 Å². The number of rotatable bonds is 2. The highest BCUT2D eigenvalue weighted by Gasteiger charge is 2.01. The van der Waals surface area contributed by atoms with Crippen molar-refractivity contribution in [2.75, 3.05) is 0 Å². The number of nitrogens with zero attached hydrogens (tertiary/aromatic N) is 3. The third-order valence-electron chi connectivity index (χ3n) is 1.44. The minimum Gasteiger partial charge on any atom is -0.266 e. The Bertz CT molecular complexity index is 373. The van der Waals surface area contributed by atoms with Crippen LogP contribution in [0.4, 0.5) is 0 Å². The first-order valence-corrected chi connectivity index (χ1v) is 5.79. The largest absolute Gasteiger partial charge is 0.266 e. The molecule has 3 nitrogen and oxygen atoms in total. The van der Waals surface area contributed by atoms with Crippen LogP contribution in [0, 0.1) is 3.57 Å². The summed E-state index contributed by atoms with van der Waals surface area (Å²) in [6, 6.07) is 0. The zero-order chi connectivity index (χ0) is 9.26. The zero-order valence-electron chi connectivity index (χ0n) is 6.44. The van der Waals surface area contributed by atoms with Crippen molar-refractivity contribution in [3.05, 3.63) is 31.5 Å². The molecule has 2 aromatic rings. The molecule has 0 spiro atoms. The lowest BCUT2D eigenvalue weighted by molar-refractivity contribution is 0.693. The van der Waals surface area contributed by atoms with Gasteiger partial charge in [-0.2, -0.15) is 5.10 Å². The lowest BCUT2D eigenvalue weighted by atomic mass is 10.5. The van der Waals surface area contributed by atoms with Gasteiger partial charge in [-0.3, -0.25) is 4.68 Å². The van der Waals surface area contributed by atoms with Crippen LogP contribution in [0.25, 0.3) is 0 Å². The number of hydrogen-bond acceptors (Lipinski definition) is 3. The molecule has 0 bridgehead atoms. The van der Waals surface area contributed by atoms with Gasteiger partial charge in [-0.25, -0.2) is 4.98 Å². The minimum absolute atomic E-state index is 0.580. The lowest BCUT2D eigenvalue weighted by Gasteiger charge is -1.95. The molecule has 2 rings (SSSR count). The second kappa shape index (κ2) is 3.93. The number of thiazole rings is 1. The Morgan fingerprint density at radius 2 is 2.38 bits per heavy atom. The fraction of sp³-hybridized carbons (Fsp3) is 0.143. The normalized spacial score (nSPS) is 10.6. The maximum absolute atomic E-state index is 5.71. The van der Waals surface area contributed by atoms with E-state index in [0.717, 1.165) is 15.0 Å². The molecule has 0 atom stereocenters. The minimum atomic E-state index is 0.580. The van der Waals surface area contributed by atoms with E-state index in [4.69, 9.17) is 11.6 Å². The third kappa shape index (κ3) is 2.41. The van der Waals surface area contributed by atoms with E-state index in [9.17, 15) is 0 Å². The fourth-order valence-electron chi connectivity index (χ4n) is 0.941. The van der Waals surface area contributed by atoms with Crippen LogP contribution in [0.15, 0.2) is 18.6 Å². The van der Waals surface area contributed by atoms with Gasteiger partial charge < -0.3 is 0 Å². The van der Waals surface area contributed by atoms with Crippen LogP contribution >= 0.6 is 45.5 Å². The Kier molecular flexibility index (Phi) is 2.85. The van der Waals surface area contributed by atoms with Gasteiger partial charge in [-0.15, -0.1) is 11.3 Å². The van der Waals surface area contributed by atoms with E-state index >= 15 is 0 Å². The van der Waals surface area contributed by atoms with Gasteiger partial charge in [-0.05, 0) is 22.6 Å². The van der Waals surface area contributed by atoms with Crippen molar-refractivity contribution < 1.29 is 0 Å². The van der Waals surface area contributed by atoms with Gasteiger partial charge in [0.25, 0.3) is 0 Å². The smallest absolute Gasteiger partial charge is 0.183 e. The second-order valence-corrected chi connectivity index (χ2v) is 5.38. The van der Waals surface area contributed by atoms with Crippen molar-refractivity contribution in [1.82, 2.24) is 14.8 Å². The molecule has 0 N–H and O–H groups in total. The fourth-order valence-corrected chi connectivity index (χ4v) is 2.36. The van der Waals surface area contributed by atoms with Gasteiger partial charge in [0.05, 0.1) is 16.3 Å². The summed E-state index contributed by atoms with van der Waals surface area (Å²) in [7, 11) is 0. The molecule has 13 heavy (non-hydrogen) atoms. The summed E-state index contributed by atoms with van der Waals surface area (Å²) < 4.78 is 3.58. The Labute approximate surface area is 97.9 Å². The van der Waals surface area contributed by atoms with Crippen LogP contribution in [-0.4, -0.2) is 14.8 Å². The van der Waals surface area contributed by atoms with Crippen molar-refractivity contribution in [3.63, 3.8) is 0 Å². The quantitative estimate of drug-likeness (QED) is 0.795. The molecule has 0 aromatic carbocycles. The van der Waals surface area contributed by atoms with Crippen LogP contribution in [0.3, 0.4) is 0 Å². The molecule has 0 aliphatic rings. The molecule has 0 radical (unpaired) electrons. The van der Waals surface area contributed by atoms with Crippen molar-refractivity contribution in [2.45, 2.75) is 6.54 Å². The second-order valence-electron chi connectivity index (χ2n) is 2.44. The van der Waals surface area contributed by atoms with Gasteiger partial charge >= 0.3 is 0 Å². The molecular formula is C7H5ClIN3S. The molecule has 68 valence electrons. The lowest BCUT2D eigenvalue weighted by Crippen LogP contribution is -1.97. The van der Waals surface area contributed by atoms with Crippen LogP contribution in [-0.2, 0) is 6.54 Å². The summed E-state index contributed by atoms with van der Waals surface area (Å²) in [6.07, 6.45) is 5.58. The van der Waals surface area contributed by atoms with Crippen LogP contribution in [0.5, 0.6) is 0 Å². The summed E-state index contributed by atoms with van der Waals surface area (Å²) >= 11 is 9.42. The van der Waals surface area contributed by atoms with Crippen molar-refractivity contribution in [1.29, 1.82) is 0 Å². The molecule has 0 aliphatic heterocycles. The predicted octanol–water partition coefficient (Wildman–Crippen LogP) is 2.65. The summed E-state index contributed by atoms with van der Waals surface area (Å²) in [5.74, 6) is 0. The first-order valence-electron chi connectivity index (χ1n) is 3.52. The topological polar surface area (TPSA) is 30.7 Å². The highest BCUT2D eigenvalue weighted by molar-refractivity contribution is 14.1. The summed E-state index contributed by atoms with van der Waals surface area (Å²) in [4.78, 5) is 5.08. The molecule has 0 saturated carbocycles. The van der Waals surface area contributed by atoms with Crippen molar-refractivity contribution in [2.24, 2.45) is 0 Å². The van der Waals surface area contributed by atoms with Gasteiger partial charge in [0.15, 0.2) is 4.47 Å². The number of halogens is 2. The first kappa shape index (κ1) is 9.42. The summed E-state index contributed by atoms with van der Waals surface area (Å²) in [6.45, 7) is 0.743. The monoisotopic (exact) mass is 325 g/mol. The van der Waals surface area contributed by atoms with Gasteiger partial charge in [0.1, 0.15) is 0 Å². The third-order valence-corrected chi connectivity index (χ3v) is 3.10.